The first kappa shape index (κ1) is 6.55. The Morgan fingerprint density at radius 2 is 2.06 bits per heavy atom. The molecule has 1 aliphatic heterocycles. The van der Waals surface area contributed by atoms with E-state index in [1.165, 1.54) is 6.07 Å². The Hall–Kier alpha value is -1.35. The highest BCUT2D eigenvalue weighted by atomic mass is 16.1. The average Bonchev–Trinajstić information content (AvgIpc) is 2.44. The molecule has 1 saturated heterocycles. The summed E-state index contributed by atoms with van der Waals surface area (Å²) in [4.78, 5) is 11.6. The monoisotopic (exact) mass is 238 g/mol. The van der Waals surface area contributed by atoms with E-state index in [-0.39, 0.29) is 17.0 Å². The van der Waals surface area contributed by atoms with Crippen LogP contribution in [0.3, 0.4) is 0 Å². The van der Waals surface area contributed by atoms with Crippen LogP contribution in [0, 0.1) is 13.7 Å². The molecule has 0 spiro atoms. The van der Waals surface area contributed by atoms with Crippen molar-refractivity contribution >= 4 is 5.91 Å². The van der Waals surface area contributed by atoms with Crippen LogP contribution in [-0.4, -0.2) is 19.0 Å². The highest BCUT2D eigenvalue weighted by Gasteiger charge is 2.19. The quantitative estimate of drug-likeness (QED) is 0.826. The van der Waals surface area contributed by atoms with Crippen LogP contribution in [0.2, 0.25) is 0 Å². The number of amides is 1. The summed E-state index contributed by atoms with van der Waals surface area (Å²) >= 11 is 0. The SMILES string of the molecule is [2H]C([2H])([2H])c1c(C(N)=O)ccc(C2CCNCC2)c1C([2H])([2H])[2H]. The molecular formula is C14H20N2O. The minimum Gasteiger partial charge on any atom is -0.366 e. The Morgan fingerprint density at radius 1 is 1.35 bits per heavy atom. The molecule has 0 aliphatic carbocycles. The molecule has 3 heteroatoms. The Bertz CT molecular complexity index is 603. The van der Waals surface area contributed by atoms with E-state index in [4.69, 9.17) is 14.0 Å². The van der Waals surface area contributed by atoms with E-state index in [0.717, 1.165) is 25.9 Å². The Balaban J connectivity index is 2.76. The molecule has 0 saturated carbocycles. The van der Waals surface area contributed by atoms with Gasteiger partial charge in [0.2, 0.25) is 5.91 Å². The van der Waals surface area contributed by atoms with Gasteiger partial charge in [-0.1, -0.05) is 6.07 Å². The van der Waals surface area contributed by atoms with Gasteiger partial charge < -0.3 is 11.1 Å². The molecule has 0 aromatic heterocycles. The molecule has 1 heterocycles. The molecule has 1 fully saturated rings. The molecule has 1 aromatic rings. The normalized spacial score (nSPS) is 23.8. The third-order valence-corrected chi connectivity index (χ3v) is 3.28. The maximum Gasteiger partial charge on any atom is 0.248 e. The molecule has 1 aromatic carbocycles. The van der Waals surface area contributed by atoms with Crippen LogP contribution < -0.4 is 11.1 Å². The molecule has 1 aliphatic rings. The molecule has 3 nitrogen and oxygen atoms in total. The van der Waals surface area contributed by atoms with Crippen molar-refractivity contribution in [2.75, 3.05) is 13.1 Å². The number of hydrogen-bond donors (Lipinski definition) is 2. The first-order valence-corrected chi connectivity index (χ1v) is 5.72. The summed E-state index contributed by atoms with van der Waals surface area (Å²) in [6, 6.07) is 2.89. The van der Waals surface area contributed by atoms with Crippen molar-refractivity contribution in [1.29, 1.82) is 0 Å². The van der Waals surface area contributed by atoms with Crippen molar-refractivity contribution in [3.05, 3.63) is 34.4 Å². The van der Waals surface area contributed by atoms with E-state index in [1.54, 1.807) is 6.07 Å². The molecule has 1 amide bonds. The van der Waals surface area contributed by atoms with E-state index < -0.39 is 25.2 Å². The van der Waals surface area contributed by atoms with Gasteiger partial charge in [-0.25, -0.2) is 0 Å². The fourth-order valence-corrected chi connectivity index (χ4v) is 2.30. The lowest BCUT2D eigenvalue weighted by molar-refractivity contribution is 0.0999. The molecule has 92 valence electrons. The highest BCUT2D eigenvalue weighted by molar-refractivity contribution is 5.94. The van der Waals surface area contributed by atoms with Crippen LogP contribution in [0.15, 0.2) is 12.1 Å². The molecule has 0 bridgehead atoms. The molecule has 0 unspecified atom stereocenters. The van der Waals surface area contributed by atoms with Crippen LogP contribution in [0.1, 0.15) is 54.0 Å². The van der Waals surface area contributed by atoms with Crippen LogP contribution in [0.4, 0.5) is 0 Å². The zero-order chi connectivity index (χ0) is 17.4. The van der Waals surface area contributed by atoms with Gasteiger partial charge in [0, 0.05) is 13.8 Å². The van der Waals surface area contributed by atoms with E-state index in [1.807, 2.05) is 0 Å². The van der Waals surface area contributed by atoms with Crippen LogP contribution in [-0.2, 0) is 0 Å². The predicted octanol–water partition coefficient (Wildman–Crippen LogP) is 1.87. The fourth-order valence-electron chi connectivity index (χ4n) is 2.30. The summed E-state index contributed by atoms with van der Waals surface area (Å²) in [5.74, 6) is -0.979. The largest absolute Gasteiger partial charge is 0.366 e. The summed E-state index contributed by atoms with van der Waals surface area (Å²) in [5, 5.41) is 3.19. The highest BCUT2D eigenvalue weighted by Crippen LogP contribution is 2.30. The minimum atomic E-state index is -2.73. The summed E-state index contributed by atoms with van der Waals surface area (Å²) < 4.78 is 46.5. The summed E-state index contributed by atoms with van der Waals surface area (Å²) in [6.07, 6.45) is 1.44. The van der Waals surface area contributed by atoms with Gasteiger partial charge in [0.1, 0.15) is 0 Å². The lowest BCUT2D eigenvalue weighted by Gasteiger charge is -2.25. The van der Waals surface area contributed by atoms with E-state index in [2.05, 4.69) is 5.32 Å². The number of nitrogens with two attached hydrogens (primary N) is 1. The van der Waals surface area contributed by atoms with Gasteiger partial charge in [0.05, 0.1) is 0 Å². The van der Waals surface area contributed by atoms with Crippen LogP contribution in [0.5, 0.6) is 0 Å². The zero-order valence-electron chi connectivity index (χ0n) is 15.5. The molecule has 3 N–H and O–H groups in total. The standard InChI is InChI=1S/C14H20N2O/c1-9-10(2)13(14(15)17)4-3-12(9)11-5-7-16-8-6-11/h3-4,11,16H,5-8H2,1-2H3,(H2,15,17)/i1D3,2D3. The molecule has 0 atom stereocenters. The number of benzene rings is 1. The number of nitrogens with one attached hydrogen (secondary N) is 1. The van der Waals surface area contributed by atoms with Crippen molar-refractivity contribution in [1.82, 2.24) is 5.32 Å². The summed E-state index contributed by atoms with van der Waals surface area (Å²) in [5.41, 5.74) is 4.85. The van der Waals surface area contributed by atoms with E-state index >= 15 is 0 Å². The molecule has 0 radical (unpaired) electrons. The van der Waals surface area contributed by atoms with Crippen molar-refractivity contribution in [2.45, 2.75) is 32.5 Å². The second-order valence-electron chi connectivity index (χ2n) is 4.34. The first-order chi connectivity index (χ1) is 10.5. The van der Waals surface area contributed by atoms with Crippen molar-refractivity contribution < 1.29 is 13.0 Å². The van der Waals surface area contributed by atoms with E-state index in [9.17, 15) is 4.79 Å². The van der Waals surface area contributed by atoms with Gasteiger partial charge in [-0.15, -0.1) is 0 Å². The Kier molecular flexibility index (Phi) is 1.88. The first-order valence-electron chi connectivity index (χ1n) is 8.72. The average molecular weight is 238 g/mol. The predicted molar refractivity (Wildman–Crippen MR) is 69.3 cm³/mol. The number of carbonyl (C=O) groups excluding carboxylic acids is 1. The number of primary amides is 1. The van der Waals surface area contributed by atoms with Gasteiger partial charge in [-0.05, 0) is 68.3 Å². The van der Waals surface area contributed by atoms with Gasteiger partial charge in [0.25, 0.3) is 0 Å². The van der Waals surface area contributed by atoms with Crippen LogP contribution >= 0.6 is 0 Å². The summed E-state index contributed by atoms with van der Waals surface area (Å²) in [7, 11) is 0. The zero-order valence-corrected chi connectivity index (χ0v) is 9.55. The van der Waals surface area contributed by atoms with Crippen LogP contribution in [0.25, 0.3) is 0 Å². The second kappa shape index (κ2) is 4.88. The number of piperidine rings is 1. The Labute approximate surface area is 111 Å². The maximum absolute atomic E-state index is 11.6. The smallest absolute Gasteiger partial charge is 0.248 e. The third-order valence-electron chi connectivity index (χ3n) is 3.28. The van der Waals surface area contributed by atoms with E-state index in [0.29, 0.717) is 5.56 Å². The summed E-state index contributed by atoms with van der Waals surface area (Å²) in [6.45, 7) is -3.87. The molecule has 2 rings (SSSR count). The van der Waals surface area contributed by atoms with Gasteiger partial charge in [0.15, 0.2) is 0 Å². The second-order valence-corrected chi connectivity index (χ2v) is 4.34. The minimum absolute atomic E-state index is 0.0466. The third kappa shape index (κ3) is 2.34. The fraction of sp³-hybridized carbons (Fsp3) is 0.500. The molecular weight excluding hydrogens is 212 g/mol. The number of hydrogen-bond acceptors (Lipinski definition) is 2. The maximum atomic E-state index is 11.6. The van der Waals surface area contributed by atoms with Crippen molar-refractivity contribution in [3.8, 4) is 0 Å². The number of rotatable bonds is 2. The number of carbonyl (C=O) groups is 1. The van der Waals surface area contributed by atoms with Crippen molar-refractivity contribution in [3.63, 3.8) is 0 Å². The lowest BCUT2D eigenvalue weighted by Crippen LogP contribution is -2.27. The lowest BCUT2D eigenvalue weighted by atomic mass is 9.84. The van der Waals surface area contributed by atoms with Crippen molar-refractivity contribution in [2.24, 2.45) is 5.73 Å². The Morgan fingerprint density at radius 3 is 2.65 bits per heavy atom. The molecule has 17 heavy (non-hydrogen) atoms. The van der Waals surface area contributed by atoms with Gasteiger partial charge in [-0.3, -0.25) is 4.79 Å². The van der Waals surface area contributed by atoms with Gasteiger partial charge >= 0.3 is 0 Å². The topological polar surface area (TPSA) is 55.1 Å². The van der Waals surface area contributed by atoms with Gasteiger partial charge in [-0.2, -0.15) is 0 Å².